The first-order valence-corrected chi connectivity index (χ1v) is 17.1. The number of benzene rings is 1. The maximum atomic E-state index is 13.1. The van der Waals surface area contributed by atoms with E-state index < -0.39 is 12.6 Å². The molecule has 0 aliphatic carbocycles. The molecular weight excluding hydrogens is 609 g/mol. The van der Waals surface area contributed by atoms with Gasteiger partial charge < -0.3 is 14.8 Å². The number of halogens is 3. The summed E-state index contributed by atoms with van der Waals surface area (Å²) in [7, 11) is 0. The third kappa shape index (κ3) is 6.10. The minimum atomic E-state index is -4.25. The first-order valence-electron chi connectivity index (χ1n) is 16.3. The van der Waals surface area contributed by atoms with Gasteiger partial charge >= 0.3 is 6.18 Å². The van der Waals surface area contributed by atoms with Crippen LogP contribution >= 0.6 is 11.3 Å². The summed E-state index contributed by atoms with van der Waals surface area (Å²) in [5, 5.41) is 15.3. The second kappa shape index (κ2) is 12.1. The van der Waals surface area contributed by atoms with Crippen molar-refractivity contribution >= 4 is 38.3 Å². The highest BCUT2D eigenvalue weighted by molar-refractivity contribution is 7.18. The van der Waals surface area contributed by atoms with Gasteiger partial charge in [0, 0.05) is 86.1 Å². The number of rotatable bonds is 7. The monoisotopic (exact) mass is 650 g/mol. The molecule has 244 valence electrons. The van der Waals surface area contributed by atoms with Crippen molar-refractivity contribution in [2.24, 2.45) is 5.41 Å². The zero-order chi connectivity index (χ0) is 32.2. The van der Waals surface area contributed by atoms with E-state index in [1.165, 1.54) is 11.1 Å². The number of nitrogens with one attached hydrogen (secondary N) is 1. The van der Waals surface area contributed by atoms with Crippen LogP contribution in [0.5, 0.6) is 0 Å². The minimum absolute atomic E-state index is 0.130. The summed E-state index contributed by atoms with van der Waals surface area (Å²) in [6.07, 6.45) is -3.07. The molecule has 1 spiro atoms. The lowest BCUT2D eigenvalue weighted by Crippen LogP contribution is -2.48. The van der Waals surface area contributed by atoms with Crippen LogP contribution < -0.4 is 10.2 Å². The molecule has 3 aromatic heterocycles. The predicted octanol–water partition coefficient (Wildman–Crippen LogP) is 5.64. The summed E-state index contributed by atoms with van der Waals surface area (Å²) in [5.41, 5.74) is 4.50. The van der Waals surface area contributed by atoms with Crippen LogP contribution in [0.3, 0.4) is 0 Å². The predicted molar refractivity (Wildman–Crippen MR) is 176 cm³/mol. The lowest BCUT2D eigenvalue weighted by Gasteiger charge is -2.33. The molecule has 0 bridgehead atoms. The maximum absolute atomic E-state index is 13.1. The molecule has 1 aromatic carbocycles. The Morgan fingerprint density at radius 3 is 2.59 bits per heavy atom. The molecule has 2 atom stereocenters. The third-order valence-corrected chi connectivity index (χ3v) is 11.4. The summed E-state index contributed by atoms with van der Waals surface area (Å²) in [6.45, 7) is 15.6. The molecule has 3 aliphatic rings. The Bertz CT molecular complexity index is 1800. The summed E-state index contributed by atoms with van der Waals surface area (Å²) in [4.78, 5) is 17.4. The quantitative estimate of drug-likeness (QED) is 0.278. The summed E-state index contributed by atoms with van der Waals surface area (Å²) in [6, 6.07) is 10.9. The van der Waals surface area contributed by atoms with Gasteiger partial charge in [0.15, 0.2) is 0 Å². The standard InChI is InChI=1S/C34H41F3N8S/c1-22(43-12-8-39-9-13-43)18-45-26(17-38)14-28-23(2)25(4-5-30(28)45)19-42-10-6-33(20-42)7-11-44(21-33)31-29-15-27(16-34(35,36)37)46-32(29)41-24(3)40-31/h4-5,14-15,22,39H,6-13,16,18-21H2,1-3H3/t22-,33?/m0/s1. The lowest BCUT2D eigenvalue weighted by atomic mass is 9.86. The fraction of sp³-hybridized carbons (Fsp3) is 0.559. The number of hydrogen-bond acceptors (Lipinski definition) is 8. The second-order valence-corrected chi connectivity index (χ2v) is 14.7. The van der Waals surface area contributed by atoms with Crippen molar-refractivity contribution in [3.05, 3.63) is 51.8 Å². The van der Waals surface area contributed by atoms with Crippen LogP contribution in [0.25, 0.3) is 21.1 Å². The summed E-state index contributed by atoms with van der Waals surface area (Å²) < 4.78 is 41.6. The molecular formula is C34H41F3N8S. The molecule has 1 unspecified atom stereocenters. The number of anilines is 1. The van der Waals surface area contributed by atoms with Crippen LogP contribution in [0.2, 0.25) is 0 Å². The molecule has 0 saturated carbocycles. The zero-order valence-electron chi connectivity index (χ0n) is 26.8. The van der Waals surface area contributed by atoms with E-state index in [0.29, 0.717) is 22.4 Å². The number of alkyl halides is 3. The van der Waals surface area contributed by atoms with E-state index in [0.717, 1.165) is 112 Å². The number of aromatic nitrogens is 3. The van der Waals surface area contributed by atoms with Gasteiger partial charge in [-0.15, -0.1) is 11.3 Å². The molecule has 0 radical (unpaired) electrons. The molecule has 3 saturated heterocycles. The number of piperazine rings is 1. The van der Waals surface area contributed by atoms with Crippen molar-refractivity contribution in [3.8, 4) is 6.07 Å². The van der Waals surface area contributed by atoms with E-state index in [4.69, 9.17) is 4.98 Å². The van der Waals surface area contributed by atoms with Gasteiger partial charge in [0.25, 0.3) is 0 Å². The highest BCUT2D eigenvalue weighted by Crippen LogP contribution is 2.44. The SMILES string of the molecule is Cc1nc(N2CCC3(CCN(Cc4ccc5c(cc(C#N)n5C[C@H](C)N5CCNCC5)c4C)C3)C2)c2cc(CC(F)(F)F)sc2n1. The molecule has 1 N–H and O–H groups in total. The highest BCUT2D eigenvalue weighted by Gasteiger charge is 2.44. The van der Waals surface area contributed by atoms with E-state index in [1.807, 2.05) is 6.92 Å². The molecule has 3 aliphatic heterocycles. The van der Waals surface area contributed by atoms with Crippen molar-refractivity contribution in [1.29, 1.82) is 5.26 Å². The van der Waals surface area contributed by atoms with Gasteiger partial charge in [-0.1, -0.05) is 6.07 Å². The average Bonchev–Trinajstić information content (AvgIpc) is 3.80. The topological polar surface area (TPSA) is 76.2 Å². The number of nitrogens with zero attached hydrogens (tertiary/aromatic N) is 7. The van der Waals surface area contributed by atoms with Crippen molar-refractivity contribution in [2.45, 2.75) is 65.3 Å². The van der Waals surface area contributed by atoms with Gasteiger partial charge in [-0.25, -0.2) is 9.97 Å². The van der Waals surface area contributed by atoms with Crippen LogP contribution in [0.1, 0.15) is 47.3 Å². The normalized spacial score (nSPS) is 22.1. The van der Waals surface area contributed by atoms with Gasteiger partial charge in [0.1, 0.15) is 28.2 Å². The van der Waals surface area contributed by atoms with Crippen LogP contribution in [-0.2, 0) is 19.5 Å². The molecule has 6 heterocycles. The van der Waals surface area contributed by atoms with Crippen LogP contribution in [0, 0.1) is 30.6 Å². The molecule has 0 amide bonds. The Kier molecular flexibility index (Phi) is 8.24. The smallest absolute Gasteiger partial charge is 0.355 e. The van der Waals surface area contributed by atoms with E-state index >= 15 is 0 Å². The van der Waals surface area contributed by atoms with Crippen molar-refractivity contribution in [2.75, 3.05) is 57.3 Å². The largest absolute Gasteiger partial charge is 0.393 e. The Labute approximate surface area is 271 Å². The fourth-order valence-electron chi connectivity index (χ4n) is 7.92. The molecule has 3 fully saturated rings. The molecule has 4 aromatic rings. The van der Waals surface area contributed by atoms with E-state index in [2.05, 4.69) is 67.7 Å². The second-order valence-electron chi connectivity index (χ2n) is 13.6. The summed E-state index contributed by atoms with van der Waals surface area (Å²) >= 11 is 1.12. The average molecular weight is 651 g/mol. The molecule has 12 heteroatoms. The minimum Gasteiger partial charge on any atom is -0.355 e. The Morgan fingerprint density at radius 2 is 1.83 bits per heavy atom. The van der Waals surface area contributed by atoms with Crippen molar-refractivity contribution < 1.29 is 13.2 Å². The van der Waals surface area contributed by atoms with Gasteiger partial charge in [-0.2, -0.15) is 18.4 Å². The first-order chi connectivity index (χ1) is 22.0. The van der Waals surface area contributed by atoms with E-state index in [-0.39, 0.29) is 10.3 Å². The van der Waals surface area contributed by atoms with Crippen LogP contribution in [0.15, 0.2) is 24.3 Å². The van der Waals surface area contributed by atoms with Crippen LogP contribution in [-0.4, -0.2) is 88.9 Å². The Hall–Kier alpha value is -3.24. The number of nitriles is 1. The lowest BCUT2D eigenvalue weighted by molar-refractivity contribution is -0.126. The summed E-state index contributed by atoms with van der Waals surface area (Å²) in [5.74, 6) is 1.36. The molecule has 7 rings (SSSR count). The number of aryl methyl sites for hydroxylation is 2. The first kappa shape index (κ1) is 31.4. The van der Waals surface area contributed by atoms with E-state index in [9.17, 15) is 18.4 Å². The molecule has 46 heavy (non-hydrogen) atoms. The van der Waals surface area contributed by atoms with Crippen LogP contribution in [0.4, 0.5) is 19.0 Å². The molecule has 8 nitrogen and oxygen atoms in total. The number of hydrogen-bond donors (Lipinski definition) is 1. The third-order valence-electron chi connectivity index (χ3n) is 10.4. The Balaban J connectivity index is 1.06. The number of likely N-dealkylation sites (tertiary alicyclic amines) is 1. The van der Waals surface area contributed by atoms with E-state index in [1.54, 1.807) is 6.07 Å². The van der Waals surface area contributed by atoms with Crippen molar-refractivity contribution in [1.82, 2.24) is 29.7 Å². The fourth-order valence-corrected chi connectivity index (χ4v) is 9.02. The van der Waals surface area contributed by atoms with Gasteiger partial charge in [0.2, 0.25) is 0 Å². The van der Waals surface area contributed by atoms with Gasteiger partial charge in [0.05, 0.1) is 11.8 Å². The van der Waals surface area contributed by atoms with Gasteiger partial charge in [-0.05, 0) is 69.5 Å². The maximum Gasteiger partial charge on any atom is 0.393 e. The highest BCUT2D eigenvalue weighted by atomic mass is 32.1. The van der Waals surface area contributed by atoms with Crippen molar-refractivity contribution in [3.63, 3.8) is 0 Å². The number of thiophene rings is 1. The zero-order valence-corrected chi connectivity index (χ0v) is 27.6. The Morgan fingerprint density at radius 1 is 1.04 bits per heavy atom. The van der Waals surface area contributed by atoms with Gasteiger partial charge in [-0.3, -0.25) is 9.80 Å². The number of fused-ring (bicyclic) bond motifs is 2.